The predicted molar refractivity (Wildman–Crippen MR) is 65.7 cm³/mol. The number of aldehydes is 1. The highest BCUT2D eigenvalue weighted by Crippen LogP contribution is 2.24. The molecule has 1 saturated heterocycles. The van der Waals surface area contributed by atoms with Crippen molar-refractivity contribution in [3.63, 3.8) is 0 Å². The van der Waals surface area contributed by atoms with Crippen LogP contribution in [0.2, 0.25) is 5.02 Å². The van der Waals surface area contributed by atoms with Crippen molar-refractivity contribution in [2.75, 3.05) is 0 Å². The predicted octanol–water partition coefficient (Wildman–Crippen LogP) is 2.56. The van der Waals surface area contributed by atoms with E-state index in [2.05, 4.69) is 0 Å². The summed E-state index contributed by atoms with van der Waals surface area (Å²) < 4.78 is 13.1. The summed E-state index contributed by atoms with van der Waals surface area (Å²) in [6.45, 7) is 0.179. The maximum absolute atomic E-state index is 13.1. The van der Waals surface area contributed by atoms with Gasteiger partial charge in [0.25, 0.3) is 0 Å². The number of halogens is 2. The molecule has 0 saturated carbocycles. The summed E-state index contributed by atoms with van der Waals surface area (Å²) in [5.74, 6) is -0.486. The van der Waals surface area contributed by atoms with Crippen LogP contribution in [0.25, 0.3) is 0 Å². The fraction of sp³-hybridized carbons (Fsp3) is 0.385. The molecule has 1 unspecified atom stereocenters. The fourth-order valence-corrected chi connectivity index (χ4v) is 2.32. The van der Waals surface area contributed by atoms with Gasteiger partial charge in [-0.1, -0.05) is 11.6 Å². The van der Waals surface area contributed by atoms with Crippen LogP contribution in [-0.2, 0) is 16.1 Å². The number of rotatable bonds is 3. The lowest BCUT2D eigenvalue weighted by atomic mass is 10.0. The summed E-state index contributed by atoms with van der Waals surface area (Å²) in [6, 6.07) is 3.59. The molecule has 1 amide bonds. The third-order valence-electron chi connectivity index (χ3n) is 3.12. The molecule has 96 valence electrons. The molecule has 2 rings (SSSR count). The molecule has 1 aromatic rings. The van der Waals surface area contributed by atoms with Gasteiger partial charge in [-0.05, 0) is 36.6 Å². The van der Waals surface area contributed by atoms with Crippen LogP contribution in [-0.4, -0.2) is 23.1 Å². The molecule has 0 bridgehead atoms. The fourth-order valence-electron chi connectivity index (χ4n) is 2.14. The van der Waals surface area contributed by atoms with E-state index in [0.717, 1.165) is 12.7 Å². The van der Waals surface area contributed by atoms with Crippen molar-refractivity contribution in [1.29, 1.82) is 0 Å². The lowest BCUT2D eigenvalue weighted by molar-refractivity contribution is -0.140. The first-order chi connectivity index (χ1) is 8.61. The first-order valence-electron chi connectivity index (χ1n) is 5.80. The molecule has 1 heterocycles. The Hall–Kier alpha value is -1.42. The average Bonchev–Trinajstić information content (AvgIpc) is 2.36. The second kappa shape index (κ2) is 5.48. The SMILES string of the molecule is O=CC1CCCC(=O)N1Cc1cc(F)ccc1Cl. The Kier molecular flexibility index (Phi) is 3.97. The monoisotopic (exact) mass is 269 g/mol. The molecule has 0 radical (unpaired) electrons. The smallest absolute Gasteiger partial charge is 0.223 e. The molecule has 1 atom stereocenters. The van der Waals surface area contributed by atoms with Gasteiger partial charge in [0.2, 0.25) is 5.91 Å². The van der Waals surface area contributed by atoms with Crippen molar-refractivity contribution in [2.45, 2.75) is 31.8 Å². The molecule has 0 spiro atoms. The highest BCUT2D eigenvalue weighted by Gasteiger charge is 2.28. The van der Waals surface area contributed by atoms with Crippen molar-refractivity contribution in [1.82, 2.24) is 4.90 Å². The zero-order valence-electron chi connectivity index (χ0n) is 9.73. The second-order valence-electron chi connectivity index (χ2n) is 4.35. The summed E-state index contributed by atoms with van der Waals surface area (Å²) in [7, 11) is 0. The maximum Gasteiger partial charge on any atom is 0.223 e. The van der Waals surface area contributed by atoms with Gasteiger partial charge in [0.05, 0.1) is 6.04 Å². The number of amides is 1. The van der Waals surface area contributed by atoms with Crippen LogP contribution < -0.4 is 0 Å². The Balaban J connectivity index is 2.22. The van der Waals surface area contributed by atoms with E-state index in [1.54, 1.807) is 0 Å². The topological polar surface area (TPSA) is 37.4 Å². The minimum absolute atomic E-state index is 0.0846. The lowest BCUT2D eigenvalue weighted by Crippen LogP contribution is -2.43. The zero-order chi connectivity index (χ0) is 13.1. The minimum Gasteiger partial charge on any atom is -0.329 e. The van der Waals surface area contributed by atoms with Crippen molar-refractivity contribution < 1.29 is 14.0 Å². The molecule has 0 aromatic heterocycles. The normalized spacial score (nSPS) is 20.0. The van der Waals surface area contributed by atoms with Gasteiger partial charge in [-0.25, -0.2) is 4.39 Å². The summed E-state index contributed by atoms with van der Waals surface area (Å²) in [6.07, 6.45) is 2.57. The third kappa shape index (κ3) is 2.70. The van der Waals surface area contributed by atoms with Crippen LogP contribution in [0.15, 0.2) is 18.2 Å². The van der Waals surface area contributed by atoms with Gasteiger partial charge in [-0.2, -0.15) is 0 Å². The number of piperidine rings is 1. The lowest BCUT2D eigenvalue weighted by Gasteiger charge is -2.32. The van der Waals surface area contributed by atoms with E-state index in [1.165, 1.54) is 23.1 Å². The highest BCUT2D eigenvalue weighted by atomic mass is 35.5. The molecular weight excluding hydrogens is 257 g/mol. The first-order valence-corrected chi connectivity index (χ1v) is 6.18. The molecule has 0 N–H and O–H groups in total. The van der Waals surface area contributed by atoms with Gasteiger partial charge >= 0.3 is 0 Å². The van der Waals surface area contributed by atoms with Crippen LogP contribution in [0, 0.1) is 5.82 Å². The van der Waals surface area contributed by atoms with Crippen LogP contribution in [0.4, 0.5) is 4.39 Å². The van der Waals surface area contributed by atoms with Crippen molar-refractivity contribution in [2.24, 2.45) is 0 Å². The molecule has 3 nitrogen and oxygen atoms in total. The Morgan fingerprint density at radius 1 is 1.50 bits per heavy atom. The van der Waals surface area contributed by atoms with E-state index in [0.29, 0.717) is 23.4 Å². The van der Waals surface area contributed by atoms with Crippen LogP contribution in [0.5, 0.6) is 0 Å². The molecule has 1 aliphatic heterocycles. The highest BCUT2D eigenvalue weighted by molar-refractivity contribution is 6.31. The second-order valence-corrected chi connectivity index (χ2v) is 4.76. The third-order valence-corrected chi connectivity index (χ3v) is 3.49. The number of carbonyl (C=O) groups is 2. The molecule has 0 aliphatic carbocycles. The quantitative estimate of drug-likeness (QED) is 0.791. The summed E-state index contributed by atoms with van der Waals surface area (Å²) in [5.41, 5.74) is 0.527. The zero-order valence-corrected chi connectivity index (χ0v) is 10.5. The number of nitrogens with zero attached hydrogens (tertiary/aromatic N) is 1. The van der Waals surface area contributed by atoms with Crippen molar-refractivity contribution in [3.05, 3.63) is 34.6 Å². The number of hydrogen-bond acceptors (Lipinski definition) is 2. The Morgan fingerprint density at radius 3 is 3.00 bits per heavy atom. The van der Waals surface area contributed by atoms with Gasteiger partial charge in [-0.3, -0.25) is 4.79 Å². The van der Waals surface area contributed by atoms with Gasteiger partial charge in [-0.15, -0.1) is 0 Å². The van der Waals surface area contributed by atoms with E-state index < -0.39 is 11.9 Å². The summed E-state index contributed by atoms with van der Waals surface area (Å²) in [4.78, 5) is 24.2. The van der Waals surface area contributed by atoms with E-state index in [1.807, 2.05) is 0 Å². The maximum atomic E-state index is 13.1. The van der Waals surface area contributed by atoms with Crippen LogP contribution in [0.1, 0.15) is 24.8 Å². The number of hydrogen-bond donors (Lipinski definition) is 0. The molecule has 5 heteroatoms. The van der Waals surface area contributed by atoms with Gasteiger partial charge < -0.3 is 9.69 Å². The van der Waals surface area contributed by atoms with Crippen molar-refractivity contribution >= 4 is 23.8 Å². The Bertz CT molecular complexity index is 478. The molecular formula is C13H13ClFNO2. The summed E-state index contributed by atoms with van der Waals surface area (Å²) in [5, 5.41) is 0.402. The number of carbonyl (C=O) groups excluding carboxylic acids is 2. The minimum atomic E-state index is -0.425. The van der Waals surface area contributed by atoms with Gasteiger partial charge in [0, 0.05) is 18.0 Å². The van der Waals surface area contributed by atoms with Crippen molar-refractivity contribution in [3.8, 4) is 0 Å². The van der Waals surface area contributed by atoms with E-state index in [9.17, 15) is 14.0 Å². The molecule has 1 aliphatic rings. The van der Waals surface area contributed by atoms with E-state index in [4.69, 9.17) is 11.6 Å². The Morgan fingerprint density at radius 2 is 2.28 bits per heavy atom. The molecule has 18 heavy (non-hydrogen) atoms. The molecule has 1 aromatic carbocycles. The first kappa shape index (κ1) is 13.0. The van der Waals surface area contributed by atoms with Gasteiger partial charge in [0.15, 0.2) is 0 Å². The van der Waals surface area contributed by atoms with E-state index in [-0.39, 0.29) is 12.5 Å². The van der Waals surface area contributed by atoms with E-state index >= 15 is 0 Å². The molecule has 1 fully saturated rings. The largest absolute Gasteiger partial charge is 0.329 e. The summed E-state index contributed by atoms with van der Waals surface area (Å²) >= 11 is 5.96. The average molecular weight is 270 g/mol. The van der Waals surface area contributed by atoms with Gasteiger partial charge in [0.1, 0.15) is 12.1 Å². The van der Waals surface area contributed by atoms with Crippen LogP contribution in [0.3, 0.4) is 0 Å². The van der Waals surface area contributed by atoms with Crippen LogP contribution >= 0.6 is 11.6 Å². The number of benzene rings is 1. The number of likely N-dealkylation sites (tertiary alicyclic amines) is 1. The standard InChI is InChI=1S/C13H13ClFNO2/c14-12-5-4-10(15)6-9(12)7-16-11(8-17)2-1-3-13(16)18/h4-6,8,11H,1-3,7H2. The Labute approximate surface area is 110 Å².